The summed E-state index contributed by atoms with van der Waals surface area (Å²) in [5.74, 6) is -0.536. The number of anilines is 1. The van der Waals surface area contributed by atoms with Crippen LogP contribution in [0, 0.1) is 24.0 Å². The van der Waals surface area contributed by atoms with Crippen LogP contribution in [0.4, 0.5) is 11.4 Å². The Kier molecular flexibility index (Phi) is 4.13. The first kappa shape index (κ1) is 14.9. The topological polar surface area (TPSA) is 98.0 Å². The van der Waals surface area contributed by atoms with Crippen molar-refractivity contribution < 1.29 is 9.72 Å². The smallest absolute Gasteiger partial charge is 0.275 e. The van der Waals surface area contributed by atoms with E-state index in [1.807, 2.05) is 0 Å². The molecule has 0 unspecified atom stereocenters. The first-order chi connectivity index (χ1) is 9.88. The van der Waals surface area contributed by atoms with Crippen LogP contribution in [-0.4, -0.2) is 20.8 Å². The average molecular weight is 307 g/mol. The number of nitrogens with one attached hydrogen (secondary N) is 1. The number of hydrogen-bond acceptors (Lipinski definition) is 5. The van der Waals surface area contributed by atoms with Gasteiger partial charge >= 0.3 is 0 Å². The third-order valence-corrected chi connectivity index (χ3v) is 3.01. The highest BCUT2D eigenvalue weighted by Gasteiger charge is 2.16. The Bertz CT molecular complexity index is 733. The highest BCUT2D eigenvalue weighted by atomic mass is 35.5. The van der Waals surface area contributed by atoms with E-state index in [9.17, 15) is 14.9 Å². The van der Waals surface area contributed by atoms with Gasteiger partial charge in [-0.25, -0.2) is 4.98 Å². The molecule has 1 amide bonds. The van der Waals surface area contributed by atoms with Crippen molar-refractivity contribution in [2.75, 3.05) is 5.32 Å². The van der Waals surface area contributed by atoms with Crippen LogP contribution in [0.25, 0.3) is 0 Å². The summed E-state index contributed by atoms with van der Waals surface area (Å²) in [4.78, 5) is 30.1. The molecule has 8 heteroatoms. The molecule has 1 aromatic carbocycles. The van der Waals surface area contributed by atoms with Crippen LogP contribution in [-0.2, 0) is 0 Å². The van der Waals surface area contributed by atoms with Gasteiger partial charge in [0, 0.05) is 11.6 Å². The third-order valence-electron chi connectivity index (χ3n) is 2.83. The summed E-state index contributed by atoms with van der Waals surface area (Å²) in [6, 6.07) is 2.96. The highest BCUT2D eigenvalue weighted by molar-refractivity contribution is 6.29. The average Bonchev–Trinajstić information content (AvgIpc) is 2.41. The Morgan fingerprint density at radius 1 is 1.29 bits per heavy atom. The molecule has 0 atom stereocenters. The molecule has 21 heavy (non-hydrogen) atoms. The van der Waals surface area contributed by atoms with Crippen LogP contribution < -0.4 is 5.32 Å². The fourth-order valence-electron chi connectivity index (χ4n) is 1.81. The number of nitro groups is 1. The van der Waals surface area contributed by atoms with Crippen molar-refractivity contribution in [2.45, 2.75) is 13.8 Å². The number of nitro benzene ring substituents is 1. The molecule has 0 saturated carbocycles. The summed E-state index contributed by atoms with van der Waals surface area (Å²) in [7, 11) is 0. The first-order valence-corrected chi connectivity index (χ1v) is 6.31. The monoisotopic (exact) mass is 306 g/mol. The number of benzene rings is 1. The minimum atomic E-state index is -0.536. The molecule has 2 rings (SSSR count). The molecule has 108 valence electrons. The van der Waals surface area contributed by atoms with E-state index in [1.165, 1.54) is 18.5 Å². The summed E-state index contributed by atoms with van der Waals surface area (Å²) < 4.78 is 0. The first-order valence-electron chi connectivity index (χ1n) is 5.93. The second-order valence-electron chi connectivity index (χ2n) is 4.39. The lowest BCUT2D eigenvalue weighted by Gasteiger charge is -2.09. The lowest BCUT2D eigenvalue weighted by Crippen LogP contribution is -2.15. The number of halogens is 1. The zero-order valence-electron chi connectivity index (χ0n) is 11.3. The molecule has 2 aromatic rings. The van der Waals surface area contributed by atoms with E-state index < -0.39 is 10.8 Å². The second-order valence-corrected chi connectivity index (χ2v) is 4.78. The van der Waals surface area contributed by atoms with Gasteiger partial charge in [-0.15, -0.1) is 0 Å². The number of carbonyl (C=O) groups is 1. The Balaban J connectivity index is 2.33. The van der Waals surface area contributed by atoms with E-state index in [0.717, 1.165) is 0 Å². The number of nitrogens with zero attached hydrogens (tertiary/aromatic N) is 3. The van der Waals surface area contributed by atoms with Crippen molar-refractivity contribution in [3.05, 3.63) is 56.6 Å². The van der Waals surface area contributed by atoms with Crippen molar-refractivity contribution in [1.29, 1.82) is 0 Å². The standard InChI is InChI=1S/C13H11ClN4O3/c1-7-3-8(2)11(18(20)21)4-9(7)17-13(19)10-5-15-6-12(14)16-10/h3-6H,1-2H3,(H,17,19). The molecule has 0 aliphatic rings. The molecular weight excluding hydrogens is 296 g/mol. The molecule has 1 N–H and O–H groups in total. The van der Waals surface area contributed by atoms with Gasteiger partial charge < -0.3 is 5.32 Å². The number of rotatable bonds is 3. The predicted octanol–water partition coefficient (Wildman–Crippen LogP) is 2.91. The molecule has 1 aromatic heterocycles. The maximum atomic E-state index is 12.0. The van der Waals surface area contributed by atoms with Gasteiger partial charge in [-0.2, -0.15) is 0 Å². The summed E-state index contributed by atoms with van der Waals surface area (Å²) in [5.41, 5.74) is 1.55. The quantitative estimate of drug-likeness (QED) is 0.694. The summed E-state index contributed by atoms with van der Waals surface area (Å²) in [5, 5.41) is 13.6. The summed E-state index contributed by atoms with van der Waals surface area (Å²) in [6.07, 6.45) is 2.57. The third kappa shape index (κ3) is 3.32. The fourth-order valence-corrected chi connectivity index (χ4v) is 1.96. The largest absolute Gasteiger partial charge is 0.320 e. The number of aromatic nitrogens is 2. The second kappa shape index (κ2) is 5.84. The SMILES string of the molecule is Cc1cc(C)c([N+](=O)[O-])cc1NC(=O)c1cncc(Cl)n1. The Labute approximate surface area is 125 Å². The maximum absolute atomic E-state index is 12.0. The van der Waals surface area contributed by atoms with Crippen LogP contribution in [0.2, 0.25) is 5.15 Å². The van der Waals surface area contributed by atoms with E-state index in [-0.39, 0.29) is 16.5 Å². The van der Waals surface area contributed by atoms with Gasteiger partial charge in [0.1, 0.15) is 10.8 Å². The molecule has 0 spiro atoms. The number of amides is 1. The van der Waals surface area contributed by atoms with Gasteiger partial charge in [0.05, 0.1) is 23.0 Å². The van der Waals surface area contributed by atoms with E-state index in [1.54, 1.807) is 19.9 Å². The van der Waals surface area contributed by atoms with Crippen LogP contribution >= 0.6 is 11.6 Å². The van der Waals surface area contributed by atoms with Gasteiger partial charge in [0.15, 0.2) is 0 Å². The zero-order valence-corrected chi connectivity index (χ0v) is 12.0. The Morgan fingerprint density at radius 3 is 2.62 bits per heavy atom. The number of hydrogen-bond donors (Lipinski definition) is 1. The summed E-state index contributed by atoms with van der Waals surface area (Å²) in [6.45, 7) is 3.38. The van der Waals surface area contributed by atoms with Crippen LogP contribution in [0.5, 0.6) is 0 Å². The lowest BCUT2D eigenvalue weighted by molar-refractivity contribution is -0.385. The lowest BCUT2D eigenvalue weighted by atomic mass is 10.1. The highest BCUT2D eigenvalue weighted by Crippen LogP contribution is 2.26. The van der Waals surface area contributed by atoms with E-state index in [2.05, 4.69) is 15.3 Å². The van der Waals surface area contributed by atoms with Crippen LogP contribution in [0.3, 0.4) is 0 Å². The van der Waals surface area contributed by atoms with Crippen molar-refractivity contribution in [3.63, 3.8) is 0 Å². The molecule has 0 bridgehead atoms. The van der Waals surface area contributed by atoms with Crippen molar-refractivity contribution in [3.8, 4) is 0 Å². The van der Waals surface area contributed by atoms with Gasteiger partial charge in [-0.3, -0.25) is 19.9 Å². The van der Waals surface area contributed by atoms with E-state index >= 15 is 0 Å². The van der Waals surface area contributed by atoms with Crippen molar-refractivity contribution in [2.24, 2.45) is 0 Å². The Hall–Kier alpha value is -2.54. The number of aryl methyl sites for hydroxylation is 2. The van der Waals surface area contributed by atoms with E-state index in [4.69, 9.17) is 11.6 Å². The van der Waals surface area contributed by atoms with Gasteiger partial charge in [-0.1, -0.05) is 11.6 Å². The molecular formula is C13H11ClN4O3. The summed E-state index contributed by atoms with van der Waals surface area (Å²) >= 11 is 5.67. The Morgan fingerprint density at radius 2 is 2.00 bits per heavy atom. The molecule has 0 saturated heterocycles. The van der Waals surface area contributed by atoms with Crippen LogP contribution in [0.15, 0.2) is 24.5 Å². The minimum Gasteiger partial charge on any atom is -0.320 e. The minimum absolute atomic E-state index is 0.0325. The maximum Gasteiger partial charge on any atom is 0.275 e. The molecule has 1 heterocycles. The van der Waals surface area contributed by atoms with Crippen molar-refractivity contribution in [1.82, 2.24) is 9.97 Å². The molecule has 0 aliphatic carbocycles. The molecule has 0 fully saturated rings. The predicted molar refractivity (Wildman–Crippen MR) is 77.6 cm³/mol. The van der Waals surface area contributed by atoms with Crippen molar-refractivity contribution >= 4 is 28.9 Å². The molecule has 0 radical (unpaired) electrons. The normalized spacial score (nSPS) is 10.2. The molecule has 0 aliphatic heterocycles. The van der Waals surface area contributed by atoms with Gasteiger partial charge in [0.25, 0.3) is 11.6 Å². The van der Waals surface area contributed by atoms with Crippen LogP contribution in [0.1, 0.15) is 21.6 Å². The van der Waals surface area contributed by atoms with Gasteiger partial charge in [-0.05, 0) is 25.5 Å². The molecule has 7 nitrogen and oxygen atoms in total. The van der Waals surface area contributed by atoms with E-state index in [0.29, 0.717) is 16.8 Å². The van der Waals surface area contributed by atoms with Gasteiger partial charge in [0.2, 0.25) is 0 Å². The fraction of sp³-hybridized carbons (Fsp3) is 0.154. The number of carbonyl (C=O) groups excluding carboxylic acids is 1. The zero-order chi connectivity index (χ0) is 15.6.